The molecule has 0 radical (unpaired) electrons. The third kappa shape index (κ3) is 4.24. The van der Waals surface area contributed by atoms with Crippen LogP contribution in [0.2, 0.25) is 0 Å². The monoisotopic (exact) mass is 334 g/mol. The van der Waals surface area contributed by atoms with Crippen molar-refractivity contribution in [2.45, 2.75) is 32.8 Å². The summed E-state index contributed by atoms with van der Waals surface area (Å²) in [5, 5.41) is 11.9. The van der Waals surface area contributed by atoms with Crippen molar-refractivity contribution in [2.24, 2.45) is 5.92 Å². The Morgan fingerprint density at radius 3 is 2.33 bits per heavy atom. The molecule has 1 aromatic rings. The quantitative estimate of drug-likeness (QED) is 0.889. The number of carbonyl (C=O) groups is 3. The van der Waals surface area contributed by atoms with Crippen molar-refractivity contribution in [3.05, 3.63) is 35.9 Å². The number of amides is 2. The number of carboxylic acid groups (broad SMARTS) is 1. The number of carbonyl (C=O) groups excluding carboxylic acids is 2. The number of carboxylic acids is 1. The summed E-state index contributed by atoms with van der Waals surface area (Å²) in [5.41, 5.74) is 0.759. The average molecular weight is 334 g/mol. The molecule has 2 rings (SSSR count). The number of hydrazine groups is 1. The van der Waals surface area contributed by atoms with Gasteiger partial charge in [-0.15, -0.1) is 0 Å². The van der Waals surface area contributed by atoms with Gasteiger partial charge >= 0.3 is 12.1 Å². The highest BCUT2D eigenvalue weighted by Gasteiger charge is 2.35. The van der Waals surface area contributed by atoms with Gasteiger partial charge in [0, 0.05) is 25.4 Å². The normalized spacial score (nSPS) is 15.5. The molecule has 7 heteroatoms. The molecule has 1 aliphatic rings. The second-order valence-corrected chi connectivity index (χ2v) is 5.99. The van der Waals surface area contributed by atoms with Crippen LogP contribution in [0.15, 0.2) is 30.3 Å². The molecule has 24 heavy (non-hydrogen) atoms. The first-order valence-electron chi connectivity index (χ1n) is 7.96. The molecule has 1 N–H and O–H groups in total. The van der Waals surface area contributed by atoms with Gasteiger partial charge in [-0.25, -0.2) is 19.6 Å². The van der Waals surface area contributed by atoms with Crippen LogP contribution in [0, 0.1) is 5.92 Å². The van der Waals surface area contributed by atoms with Crippen LogP contribution in [0.25, 0.3) is 0 Å². The van der Waals surface area contributed by atoms with Crippen LogP contribution < -0.4 is 0 Å². The van der Waals surface area contributed by atoms with Crippen molar-refractivity contribution in [3.8, 4) is 0 Å². The molecule has 130 valence electrons. The zero-order valence-electron chi connectivity index (χ0n) is 13.8. The van der Waals surface area contributed by atoms with Crippen molar-refractivity contribution < 1.29 is 24.2 Å². The van der Waals surface area contributed by atoms with E-state index < -0.39 is 18.2 Å². The van der Waals surface area contributed by atoms with E-state index >= 15 is 0 Å². The highest BCUT2D eigenvalue weighted by molar-refractivity contribution is 5.82. The molecule has 0 saturated carbocycles. The smallest absolute Gasteiger partial charge is 0.429 e. The molecule has 1 aliphatic heterocycles. The second kappa shape index (κ2) is 7.81. The minimum absolute atomic E-state index is 0.0773. The number of nitrogens with zero attached hydrogens (tertiary/aromatic N) is 2. The SMILES string of the molecule is CC(C)C(=O)N1CCCN1C(=O)OC(Cc1ccccc1)C(=O)O. The largest absolute Gasteiger partial charge is 0.478 e. The van der Waals surface area contributed by atoms with Gasteiger partial charge in [-0.05, 0) is 12.0 Å². The summed E-state index contributed by atoms with van der Waals surface area (Å²) in [5.74, 6) is -1.65. The van der Waals surface area contributed by atoms with Crippen LogP contribution in [0.4, 0.5) is 4.79 Å². The summed E-state index contributed by atoms with van der Waals surface area (Å²) >= 11 is 0. The Morgan fingerprint density at radius 1 is 1.12 bits per heavy atom. The van der Waals surface area contributed by atoms with Crippen molar-refractivity contribution >= 4 is 18.0 Å². The Bertz CT molecular complexity index is 602. The van der Waals surface area contributed by atoms with Gasteiger partial charge in [0.2, 0.25) is 12.0 Å². The van der Waals surface area contributed by atoms with E-state index in [1.807, 2.05) is 6.07 Å². The molecule has 1 aromatic carbocycles. The van der Waals surface area contributed by atoms with E-state index in [9.17, 15) is 19.5 Å². The Hall–Kier alpha value is -2.57. The maximum atomic E-state index is 12.3. The van der Waals surface area contributed by atoms with E-state index in [1.165, 1.54) is 10.0 Å². The number of aliphatic carboxylic acids is 1. The fourth-order valence-electron chi connectivity index (χ4n) is 2.52. The Morgan fingerprint density at radius 2 is 1.75 bits per heavy atom. The lowest BCUT2D eigenvalue weighted by atomic mass is 10.1. The number of ether oxygens (including phenoxy) is 1. The first kappa shape index (κ1) is 17.8. The molecule has 1 saturated heterocycles. The van der Waals surface area contributed by atoms with Gasteiger partial charge in [-0.2, -0.15) is 0 Å². The molecular weight excluding hydrogens is 312 g/mol. The Kier molecular flexibility index (Phi) is 5.78. The minimum atomic E-state index is -1.29. The molecule has 0 aromatic heterocycles. The van der Waals surface area contributed by atoms with Crippen molar-refractivity contribution in [1.82, 2.24) is 10.0 Å². The van der Waals surface area contributed by atoms with E-state index in [0.29, 0.717) is 19.5 Å². The van der Waals surface area contributed by atoms with Crippen LogP contribution in [0.1, 0.15) is 25.8 Å². The molecular formula is C17H22N2O5. The maximum absolute atomic E-state index is 12.3. The van der Waals surface area contributed by atoms with Gasteiger partial charge in [0.15, 0.2) is 0 Å². The predicted molar refractivity (Wildman–Crippen MR) is 85.9 cm³/mol. The van der Waals surface area contributed by atoms with E-state index in [-0.39, 0.29) is 18.2 Å². The van der Waals surface area contributed by atoms with Crippen molar-refractivity contribution in [2.75, 3.05) is 13.1 Å². The van der Waals surface area contributed by atoms with Crippen LogP contribution in [-0.4, -0.2) is 52.3 Å². The Balaban J connectivity index is 2.04. The maximum Gasteiger partial charge on any atom is 0.429 e. The zero-order valence-corrected chi connectivity index (χ0v) is 13.8. The number of hydrogen-bond donors (Lipinski definition) is 1. The van der Waals surface area contributed by atoms with E-state index in [1.54, 1.807) is 38.1 Å². The van der Waals surface area contributed by atoms with E-state index in [4.69, 9.17) is 4.74 Å². The molecule has 2 amide bonds. The first-order chi connectivity index (χ1) is 11.4. The highest BCUT2D eigenvalue weighted by atomic mass is 16.6. The number of benzene rings is 1. The van der Waals surface area contributed by atoms with Crippen molar-refractivity contribution in [1.29, 1.82) is 0 Å². The summed E-state index contributed by atoms with van der Waals surface area (Å²) in [6, 6.07) is 8.95. The molecule has 0 aliphatic carbocycles. The lowest BCUT2D eigenvalue weighted by molar-refractivity contribution is -0.151. The van der Waals surface area contributed by atoms with Gasteiger partial charge in [0.25, 0.3) is 0 Å². The molecule has 7 nitrogen and oxygen atoms in total. The van der Waals surface area contributed by atoms with Crippen LogP contribution in [0.3, 0.4) is 0 Å². The third-order valence-electron chi connectivity index (χ3n) is 3.77. The lowest BCUT2D eigenvalue weighted by Crippen LogP contribution is -2.48. The minimum Gasteiger partial charge on any atom is -0.478 e. The average Bonchev–Trinajstić information content (AvgIpc) is 3.03. The standard InChI is InChI=1S/C17H22N2O5/c1-12(2)15(20)18-9-6-10-19(18)17(23)24-14(16(21)22)11-13-7-4-3-5-8-13/h3-5,7-8,12,14H,6,9-11H2,1-2H3,(H,21,22). The van der Waals surface area contributed by atoms with E-state index in [0.717, 1.165) is 5.56 Å². The molecule has 0 spiro atoms. The predicted octanol–water partition coefficient (Wildman–Crippen LogP) is 1.92. The van der Waals surface area contributed by atoms with E-state index in [2.05, 4.69) is 0 Å². The first-order valence-corrected chi connectivity index (χ1v) is 7.96. The summed E-state index contributed by atoms with van der Waals surface area (Å²) in [6.45, 7) is 4.27. The summed E-state index contributed by atoms with van der Waals surface area (Å²) in [4.78, 5) is 35.9. The fraction of sp³-hybridized carbons (Fsp3) is 0.471. The number of rotatable bonds is 5. The third-order valence-corrected chi connectivity index (χ3v) is 3.77. The van der Waals surface area contributed by atoms with Gasteiger partial charge in [0.1, 0.15) is 0 Å². The summed E-state index contributed by atoms with van der Waals surface area (Å²) in [7, 11) is 0. The summed E-state index contributed by atoms with van der Waals surface area (Å²) in [6.07, 6.45) is -1.38. The van der Waals surface area contributed by atoms with Gasteiger partial charge < -0.3 is 9.84 Å². The lowest BCUT2D eigenvalue weighted by Gasteiger charge is -2.29. The molecule has 1 atom stereocenters. The van der Waals surface area contributed by atoms with Crippen LogP contribution in [-0.2, 0) is 20.7 Å². The Labute approximate surface area is 140 Å². The van der Waals surface area contributed by atoms with Gasteiger partial charge in [0.05, 0.1) is 0 Å². The summed E-state index contributed by atoms with van der Waals surface area (Å²) < 4.78 is 5.15. The fourth-order valence-corrected chi connectivity index (χ4v) is 2.52. The molecule has 1 heterocycles. The van der Waals surface area contributed by atoms with Crippen molar-refractivity contribution in [3.63, 3.8) is 0 Å². The van der Waals surface area contributed by atoms with Gasteiger partial charge in [-0.3, -0.25) is 4.79 Å². The topological polar surface area (TPSA) is 87.2 Å². The van der Waals surface area contributed by atoms with Crippen LogP contribution >= 0.6 is 0 Å². The number of hydrogen-bond acceptors (Lipinski definition) is 4. The molecule has 1 unspecified atom stereocenters. The molecule has 1 fully saturated rings. The highest BCUT2D eigenvalue weighted by Crippen LogP contribution is 2.17. The van der Waals surface area contributed by atoms with Crippen LogP contribution in [0.5, 0.6) is 0 Å². The zero-order chi connectivity index (χ0) is 17.7. The van der Waals surface area contributed by atoms with Gasteiger partial charge in [-0.1, -0.05) is 44.2 Å². The molecule has 0 bridgehead atoms. The second-order valence-electron chi connectivity index (χ2n) is 5.99.